The summed E-state index contributed by atoms with van der Waals surface area (Å²) < 4.78 is 5.43. The van der Waals surface area contributed by atoms with E-state index in [0.717, 1.165) is 17.9 Å². The van der Waals surface area contributed by atoms with E-state index in [1.165, 1.54) is 43.4 Å². The molecule has 26 heavy (non-hydrogen) atoms. The molecule has 0 fully saturated rings. The molecular formula is C20H29N3O2S. The van der Waals surface area contributed by atoms with E-state index in [2.05, 4.69) is 22.5 Å². The molecule has 0 saturated carbocycles. The van der Waals surface area contributed by atoms with Gasteiger partial charge in [0, 0.05) is 17.6 Å². The van der Waals surface area contributed by atoms with Crippen molar-refractivity contribution in [1.82, 2.24) is 10.3 Å². The molecule has 2 rings (SSSR count). The number of hydrogen-bond acceptors (Lipinski definition) is 5. The molecule has 5 nitrogen and oxygen atoms in total. The van der Waals surface area contributed by atoms with Crippen LogP contribution in [0, 0.1) is 0 Å². The Balaban J connectivity index is 1.73. The first kappa shape index (κ1) is 20.2. The van der Waals surface area contributed by atoms with E-state index in [1.54, 1.807) is 5.38 Å². The summed E-state index contributed by atoms with van der Waals surface area (Å²) in [5.74, 6) is 0.738. The molecule has 0 bridgehead atoms. The smallest absolute Gasteiger partial charge is 0.270 e. The van der Waals surface area contributed by atoms with Crippen LogP contribution in [0.15, 0.2) is 29.6 Å². The molecule has 142 valence electrons. The Labute approximate surface area is 160 Å². The van der Waals surface area contributed by atoms with E-state index >= 15 is 0 Å². The van der Waals surface area contributed by atoms with Gasteiger partial charge in [0.25, 0.3) is 5.91 Å². The Kier molecular flexibility index (Phi) is 8.96. The third-order valence-corrected chi connectivity index (χ3v) is 4.73. The Morgan fingerprint density at radius 2 is 1.81 bits per heavy atom. The molecule has 0 aliphatic heterocycles. The van der Waals surface area contributed by atoms with Gasteiger partial charge in [-0.2, -0.15) is 0 Å². The number of nitrogens with one attached hydrogen (secondary N) is 2. The Morgan fingerprint density at radius 1 is 1.08 bits per heavy atom. The summed E-state index contributed by atoms with van der Waals surface area (Å²) >= 11 is 1.43. The molecule has 2 aromatic rings. The zero-order chi connectivity index (χ0) is 18.6. The number of thiazole rings is 1. The van der Waals surface area contributed by atoms with Gasteiger partial charge in [0.1, 0.15) is 11.4 Å². The van der Waals surface area contributed by atoms with Crippen molar-refractivity contribution in [3.8, 4) is 5.75 Å². The van der Waals surface area contributed by atoms with Crippen LogP contribution in [0.4, 0.5) is 10.8 Å². The number of amides is 1. The summed E-state index contributed by atoms with van der Waals surface area (Å²) in [5, 5.41) is 8.66. The molecule has 0 atom stereocenters. The van der Waals surface area contributed by atoms with Gasteiger partial charge in [-0.1, -0.05) is 39.0 Å². The van der Waals surface area contributed by atoms with Gasteiger partial charge in [0.15, 0.2) is 5.13 Å². The number of aromatic nitrogens is 1. The first-order valence-corrected chi connectivity index (χ1v) is 10.3. The number of nitrogens with zero attached hydrogens (tertiary/aromatic N) is 1. The monoisotopic (exact) mass is 375 g/mol. The highest BCUT2D eigenvalue weighted by Gasteiger charge is 2.10. The van der Waals surface area contributed by atoms with Crippen molar-refractivity contribution in [2.24, 2.45) is 0 Å². The number of unbranched alkanes of at least 4 members (excludes halogenated alkanes) is 5. The van der Waals surface area contributed by atoms with Crippen LogP contribution in [-0.4, -0.2) is 24.0 Å². The van der Waals surface area contributed by atoms with Gasteiger partial charge in [-0.3, -0.25) is 4.79 Å². The van der Waals surface area contributed by atoms with Crippen molar-refractivity contribution >= 4 is 28.1 Å². The van der Waals surface area contributed by atoms with Crippen LogP contribution >= 0.6 is 11.3 Å². The zero-order valence-corrected chi connectivity index (χ0v) is 16.5. The van der Waals surface area contributed by atoms with Gasteiger partial charge < -0.3 is 15.4 Å². The molecule has 0 saturated heterocycles. The van der Waals surface area contributed by atoms with Gasteiger partial charge in [-0.25, -0.2) is 4.98 Å². The molecule has 0 radical (unpaired) electrons. The van der Waals surface area contributed by atoms with Gasteiger partial charge in [0.05, 0.1) is 6.61 Å². The number of carbonyl (C=O) groups is 1. The van der Waals surface area contributed by atoms with Crippen LogP contribution in [0.25, 0.3) is 0 Å². The highest BCUT2D eigenvalue weighted by molar-refractivity contribution is 7.14. The van der Waals surface area contributed by atoms with Crippen LogP contribution in [0.2, 0.25) is 0 Å². The standard InChI is InChI=1S/C20H29N3O2S/c1-3-5-6-7-8-9-14-21-19(24)18-15-26-20(23-18)22-16-10-12-17(13-11-16)25-4-2/h10-13,15H,3-9,14H2,1-2H3,(H,21,24)(H,22,23). The van der Waals surface area contributed by atoms with Gasteiger partial charge in [0.2, 0.25) is 0 Å². The molecule has 0 unspecified atom stereocenters. The molecule has 0 aliphatic carbocycles. The van der Waals surface area contributed by atoms with E-state index in [9.17, 15) is 4.79 Å². The number of ether oxygens (including phenoxy) is 1. The lowest BCUT2D eigenvalue weighted by Gasteiger charge is -2.05. The van der Waals surface area contributed by atoms with Gasteiger partial charge in [-0.05, 0) is 37.6 Å². The zero-order valence-electron chi connectivity index (χ0n) is 15.7. The highest BCUT2D eigenvalue weighted by Crippen LogP contribution is 2.23. The first-order chi connectivity index (χ1) is 12.7. The highest BCUT2D eigenvalue weighted by atomic mass is 32.1. The van der Waals surface area contributed by atoms with Crippen molar-refractivity contribution in [3.05, 3.63) is 35.3 Å². The summed E-state index contributed by atoms with van der Waals surface area (Å²) in [4.78, 5) is 16.5. The fourth-order valence-corrected chi connectivity index (χ4v) is 3.27. The van der Waals surface area contributed by atoms with Gasteiger partial charge >= 0.3 is 0 Å². The topological polar surface area (TPSA) is 63.2 Å². The second kappa shape index (κ2) is 11.5. The average molecular weight is 376 g/mol. The Bertz CT molecular complexity index is 655. The minimum Gasteiger partial charge on any atom is -0.494 e. The van der Waals surface area contributed by atoms with E-state index in [0.29, 0.717) is 24.0 Å². The second-order valence-electron chi connectivity index (χ2n) is 6.14. The summed E-state index contributed by atoms with van der Waals surface area (Å²) in [7, 11) is 0. The predicted octanol–water partition coefficient (Wildman–Crippen LogP) is 5.38. The van der Waals surface area contributed by atoms with Crippen LogP contribution in [0.5, 0.6) is 5.75 Å². The number of anilines is 2. The number of rotatable bonds is 12. The molecule has 1 aromatic heterocycles. The van der Waals surface area contributed by atoms with Crippen LogP contribution in [0.3, 0.4) is 0 Å². The van der Waals surface area contributed by atoms with Crippen molar-refractivity contribution in [2.45, 2.75) is 52.4 Å². The van der Waals surface area contributed by atoms with Crippen molar-refractivity contribution in [1.29, 1.82) is 0 Å². The van der Waals surface area contributed by atoms with Crippen LogP contribution in [0.1, 0.15) is 62.9 Å². The van der Waals surface area contributed by atoms with Crippen LogP contribution in [-0.2, 0) is 0 Å². The van der Waals surface area contributed by atoms with Crippen molar-refractivity contribution in [2.75, 3.05) is 18.5 Å². The Hall–Kier alpha value is -2.08. The van der Waals surface area contributed by atoms with E-state index < -0.39 is 0 Å². The lowest BCUT2D eigenvalue weighted by molar-refractivity contribution is 0.0948. The largest absolute Gasteiger partial charge is 0.494 e. The number of hydrogen-bond donors (Lipinski definition) is 2. The summed E-state index contributed by atoms with van der Waals surface area (Å²) in [5.41, 5.74) is 1.39. The molecule has 1 amide bonds. The van der Waals surface area contributed by atoms with E-state index in [1.807, 2.05) is 31.2 Å². The molecule has 2 N–H and O–H groups in total. The van der Waals surface area contributed by atoms with E-state index in [-0.39, 0.29) is 5.91 Å². The maximum atomic E-state index is 12.2. The van der Waals surface area contributed by atoms with Gasteiger partial charge in [-0.15, -0.1) is 11.3 Å². The quantitative estimate of drug-likeness (QED) is 0.489. The predicted molar refractivity (Wildman–Crippen MR) is 109 cm³/mol. The SMILES string of the molecule is CCCCCCCCNC(=O)c1csc(Nc2ccc(OCC)cc2)n1. The first-order valence-electron chi connectivity index (χ1n) is 9.46. The summed E-state index contributed by atoms with van der Waals surface area (Å²) in [6, 6.07) is 7.69. The normalized spacial score (nSPS) is 10.5. The molecular weight excluding hydrogens is 346 g/mol. The molecule has 1 heterocycles. The third kappa shape index (κ3) is 7.04. The third-order valence-electron chi connectivity index (χ3n) is 3.97. The fourth-order valence-electron chi connectivity index (χ4n) is 2.56. The van der Waals surface area contributed by atoms with Crippen molar-refractivity contribution < 1.29 is 9.53 Å². The summed E-state index contributed by atoms with van der Waals surface area (Å²) in [6.45, 7) is 5.54. The molecule has 0 spiro atoms. The fraction of sp³-hybridized carbons (Fsp3) is 0.500. The average Bonchev–Trinajstić information content (AvgIpc) is 3.11. The minimum atomic E-state index is -0.102. The number of carbonyl (C=O) groups excluding carboxylic acids is 1. The maximum Gasteiger partial charge on any atom is 0.270 e. The van der Waals surface area contributed by atoms with Crippen molar-refractivity contribution in [3.63, 3.8) is 0 Å². The maximum absolute atomic E-state index is 12.2. The molecule has 6 heteroatoms. The van der Waals surface area contributed by atoms with Crippen LogP contribution < -0.4 is 15.4 Å². The minimum absolute atomic E-state index is 0.102. The molecule has 1 aromatic carbocycles. The lowest BCUT2D eigenvalue weighted by Crippen LogP contribution is -2.24. The molecule has 0 aliphatic rings. The van der Waals surface area contributed by atoms with E-state index in [4.69, 9.17) is 4.74 Å². The second-order valence-corrected chi connectivity index (χ2v) is 7.00. The summed E-state index contributed by atoms with van der Waals surface area (Å²) in [6.07, 6.45) is 7.29. The Morgan fingerprint density at radius 3 is 2.54 bits per heavy atom. The number of benzene rings is 1. The lowest BCUT2D eigenvalue weighted by atomic mass is 10.1.